The monoisotopic (exact) mass is 394 g/mol. The molecule has 0 unspecified atom stereocenters. The molecule has 0 heterocycles. The second-order valence-corrected chi connectivity index (χ2v) is 7.32. The summed E-state index contributed by atoms with van der Waals surface area (Å²) in [7, 11) is 1.60. The third kappa shape index (κ3) is 8.36. The molecule has 1 rings (SSSR count). The van der Waals surface area contributed by atoms with Crippen molar-refractivity contribution in [3.63, 3.8) is 0 Å². The van der Waals surface area contributed by atoms with Crippen molar-refractivity contribution < 1.29 is 14.3 Å². The quantitative estimate of drug-likeness (QED) is 0.396. The first kappa shape index (κ1) is 22.9. The van der Waals surface area contributed by atoms with E-state index in [9.17, 15) is 9.59 Å². The minimum Gasteiger partial charge on any atom is -0.383 e. The van der Waals surface area contributed by atoms with Gasteiger partial charge in [0, 0.05) is 18.7 Å². The van der Waals surface area contributed by atoms with Gasteiger partial charge in [0.2, 0.25) is 0 Å². The van der Waals surface area contributed by atoms with E-state index >= 15 is 0 Å². The van der Waals surface area contributed by atoms with Gasteiger partial charge in [0.05, 0.1) is 6.61 Å². The summed E-state index contributed by atoms with van der Waals surface area (Å²) >= 11 is 5.14. The van der Waals surface area contributed by atoms with E-state index in [0.717, 1.165) is 5.56 Å². The number of nitrogens with one attached hydrogen (secondary N) is 4. The van der Waals surface area contributed by atoms with Gasteiger partial charge in [-0.25, -0.2) is 0 Å². The molecule has 0 aromatic heterocycles. The number of hydrogen-bond donors (Lipinski definition) is 4. The number of hydrazine groups is 1. The highest BCUT2D eigenvalue weighted by Crippen LogP contribution is 2.10. The minimum absolute atomic E-state index is 0.000813. The standard InChI is InChI=1S/C19H30N4O3S/c1-12(2)10-16(21-17(24)15-9-7-6-8-13(15)3)18(25)22-23-19(27)20-14(4)11-26-5/h6-9,12,14,16H,10-11H2,1-5H3,(H,21,24)(H,22,25)(H2,20,23,27)/t14-,16+/m0/s1. The number of hydrogen-bond acceptors (Lipinski definition) is 4. The maximum atomic E-state index is 12.6. The largest absolute Gasteiger partial charge is 0.383 e. The molecule has 0 bridgehead atoms. The summed E-state index contributed by atoms with van der Waals surface area (Å²) in [6.07, 6.45) is 0.505. The summed E-state index contributed by atoms with van der Waals surface area (Å²) in [4.78, 5) is 25.1. The smallest absolute Gasteiger partial charge is 0.260 e. The molecule has 4 N–H and O–H groups in total. The van der Waals surface area contributed by atoms with Crippen molar-refractivity contribution >= 4 is 29.1 Å². The predicted octanol–water partition coefficient (Wildman–Crippen LogP) is 1.67. The Bertz CT molecular complexity index is 652. The normalized spacial score (nSPS) is 12.8. The van der Waals surface area contributed by atoms with Gasteiger partial charge in [0.15, 0.2) is 5.11 Å². The Morgan fingerprint density at radius 3 is 2.37 bits per heavy atom. The lowest BCUT2D eigenvalue weighted by Gasteiger charge is -2.22. The SMILES string of the molecule is COC[C@H](C)NC(=S)NNC(=O)[C@@H](CC(C)C)NC(=O)c1ccccc1C. The van der Waals surface area contributed by atoms with Gasteiger partial charge >= 0.3 is 0 Å². The Balaban J connectivity index is 2.67. The van der Waals surface area contributed by atoms with Crippen LogP contribution in [-0.4, -0.2) is 42.7 Å². The van der Waals surface area contributed by atoms with E-state index in [1.54, 1.807) is 19.2 Å². The molecule has 2 atom stereocenters. The first-order valence-corrected chi connectivity index (χ1v) is 9.37. The molecule has 7 nitrogen and oxygen atoms in total. The first-order valence-electron chi connectivity index (χ1n) is 8.96. The number of aryl methyl sites for hydroxylation is 1. The number of amides is 2. The molecule has 0 saturated carbocycles. The predicted molar refractivity (Wildman–Crippen MR) is 110 cm³/mol. The summed E-state index contributed by atoms with van der Waals surface area (Å²) in [5, 5.41) is 6.08. The molecule has 27 heavy (non-hydrogen) atoms. The van der Waals surface area contributed by atoms with Gasteiger partial charge in [-0.1, -0.05) is 32.0 Å². The second kappa shape index (κ2) is 11.5. The molecule has 8 heteroatoms. The maximum Gasteiger partial charge on any atom is 0.260 e. The second-order valence-electron chi connectivity index (χ2n) is 6.91. The van der Waals surface area contributed by atoms with Crippen LogP contribution in [0, 0.1) is 12.8 Å². The number of carbonyl (C=O) groups excluding carboxylic acids is 2. The van der Waals surface area contributed by atoms with Gasteiger partial charge in [-0.15, -0.1) is 0 Å². The van der Waals surface area contributed by atoms with Gasteiger partial charge in [-0.05, 0) is 50.0 Å². The fourth-order valence-corrected chi connectivity index (χ4v) is 2.78. The van der Waals surface area contributed by atoms with Gasteiger partial charge in [0.25, 0.3) is 11.8 Å². The summed E-state index contributed by atoms with van der Waals surface area (Å²) < 4.78 is 5.02. The van der Waals surface area contributed by atoms with Crippen molar-refractivity contribution in [2.24, 2.45) is 5.92 Å². The van der Waals surface area contributed by atoms with Crippen molar-refractivity contribution in [2.45, 2.75) is 46.2 Å². The average Bonchev–Trinajstić information content (AvgIpc) is 2.59. The zero-order valence-corrected chi connectivity index (χ0v) is 17.4. The summed E-state index contributed by atoms with van der Waals surface area (Å²) in [6, 6.07) is 6.59. The van der Waals surface area contributed by atoms with Gasteiger partial charge in [-0.2, -0.15) is 0 Å². The van der Waals surface area contributed by atoms with Crippen molar-refractivity contribution in [3.05, 3.63) is 35.4 Å². The van der Waals surface area contributed by atoms with Crippen LogP contribution in [0.25, 0.3) is 0 Å². The van der Waals surface area contributed by atoms with Crippen molar-refractivity contribution in [3.8, 4) is 0 Å². The number of thiocarbonyl (C=S) groups is 1. The van der Waals surface area contributed by atoms with Gasteiger partial charge < -0.3 is 15.4 Å². The highest BCUT2D eigenvalue weighted by molar-refractivity contribution is 7.80. The molecule has 0 spiro atoms. The maximum absolute atomic E-state index is 12.6. The van der Waals surface area contributed by atoms with Crippen LogP contribution in [-0.2, 0) is 9.53 Å². The molecule has 150 valence electrons. The van der Waals surface area contributed by atoms with Crippen LogP contribution in [0.3, 0.4) is 0 Å². The lowest BCUT2D eigenvalue weighted by atomic mass is 10.0. The van der Waals surface area contributed by atoms with Gasteiger partial charge in [0.1, 0.15) is 6.04 Å². The van der Waals surface area contributed by atoms with E-state index in [1.807, 2.05) is 39.8 Å². The van der Waals surface area contributed by atoms with Crippen LogP contribution >= 0.6 is 12.2 Å². The van der Waals surface area contributed by atoms with Crippen molar-refractivity contribution in [1.82, 2.24) is 21.5 Å². The molecule has 0 aliphatic rings. The number of rotatable bonds is 8. The number of ether oxygens (including phenoxy) is 1. The van der Waals surface area contributed by atoms with Crippen LogP contribution in [0.1, 0.15) is 43.1 Å². The molecular weight excluding hydrogens is 364 g/mol. The molecule has 0 saturated heterocycles. The Kier molecular flexibility index (Phi) is 9.74. The highest BCUT2D eigenvalue weighted by atomic mass is 32.1. The lowest BCUT2D eigenvalue weighted by molar-refractivity contribution is -0.123. The molecule has 0 aliphatic heterocycles. The zero-order chi connectivity index (χ0) is 20.4. The fraction of sp³-hybridized carbons (Fsp3) is 0.526. The van der Waals surface area contributed by atoms with Crippen LogP contribution < -0.4 is 21.5 Å². The van der Waals surface area contributed by atoms with Crippen LogP contribution in [0.2, 0.25) is 0 Å². The summed E-state index contributed by atoms with van der Waals surface area (Å²) in [6.45, 7) is 8.24. The molecule has 0 radical (unpaired) electrons. The van der Waals surface area contributed by atoms with E-state index in [4.69, 9.17) is 17.0 Å². The molecular formula is C19H30N4O3S. The first-order chi connectivity index (χ1) is 12.7. The molecule has 0 aliphatic carbocycles. The highest BCUT2D eigenvalue weighted by Gasteiger charge is 2.23. The van der Waals surface area contributed by atoms with Crippen LogP contribution in [0.5, 0.6) is 0 Å². The summed E-state index contributed by atoms with van der Waals surface area (Å²) in [5.74, 6) is -0.401. The average molecular weight is 395 g/mol. The minimum atomic E-state index is -0.677. The van der Waals surface area contributed by atoms with E-state index in [2.05, 4.69) is 21.5 Å². The van der Waals surface area contributed by atoms with E-state index in [-0.39, 0.29) is 28.9 Å². The number of methoxy groups -OCH3 is 1. The summed E-state index contributed by atoms with van der Waals surface area (Å²) in [5.41, 5.74) is 6.63. The molecule has 1 aromatic carbocycles. The van der Waals surface area contributed by atoms with E-state index in [0.29, 0.717) is 18.6 Å². The number of benzene rings is 1. The van der Waals surface area contributed by atoms with E-state index in [1.165, 1.54) is 0 Å². The Labute approximate surface area is 166 Å². The van der Waals surface area contributed by atoms with Crippen molar-refractivity contribution in [2.75, 3.05) is 13.7 Å². The Hall–Kier alpha value is -2.19. The lowest BCUT2D eigenvalue weighted by Crippen LogP contribution is -2.55. The van der Waals surface area contributed by atoms with Crippen molar-refractivity contribution in [1.29, 1.82) is 0 Å². The molecule has 1 aromatic rings. The molecule has 2 amide bonds. The van der Waals surface area contributed by atoms with Crippen LogP contribution in [0.4, 0.5) is 0 Å². The van der Waals surface area contributed by atoms with E-state index < -0.39 is 6.04 Å². The Morgan fingerprint density at radius 1 is 1.11 bits per heavy atom. The fourth-order valence-electron chi connectivity index (χ4n) is 2.52. The van der Waals surface area contributed by atoms with Gasteiger partial charge in [-0.3, -0.25) is 20.4 Å². The third-order valence-corrected chi connectivity index (χ3v) is 4.03. The number of carbonyl (C=O) groups is 2. The third-order valence-electron chi connectivity index (χ3n) is 3.81. The van der Waals surface area contributed by atoms with Crippen LogP contribution in [0.15, 0.2) is 24.3 Å². The Morgan fingerprint density at radius 2 is 1.78 bits per heavy atom. The zero-order valence-electron chi connectivity index (χ0n) is 16.6. The topological polar surface area (TPSA) is 91.5 Å². The molecule has 0 fully saturated rings.